The van der Waals surface area contributed by atoms with Crippen molar-refractivity contribution < 1.29 is 24.2 Å². The molecule has 2 aliphatic rings. The van der Waals surface area contributed by atoms with Gasteiger partial charge in [-0.25, -0.2) is 5.01 Å². The van der Waals surface area contributed by atoms with Crippen molar-refractivity contribution in [2.45, 2.75) is 32.2 Å². The number of carboxylic acids is 1. The van der Waals surface area contributed by atoms with Crippen LogP contribution in [0, 0.1) is 5.41 Å². The minimum Gasteiger partial charge on any atom is -0.481 e. The van der Waals surface area contributed by atoms with Crippen molar-refractivity contribution in [2.24, 2.45) is 10.5 Å². The van der Waals surface area contributed by atoms with Crippen molar-refractivity contribution >= 4 is 23.5 Å². The van der Waals surface area contributed by atoms with Gasteiger partial charge in [0.2, 0.25) is 5.91 Å². The molecule has 2 aliphatic heterocycles. The van der Waals surface area contributed by atoms with Crippen LogP contribution in [-0.2, 0) is 25.7 Å². The molecule has 1 aromatic rings. The molecule has 1 aromatic carbocycles. The monoisotopic (exact) mass is 387 g/mol. The number of piperidine rings is 1. The standard InChI is InChI=1S/C20H25N3O5/c1-28-14-20(19(26)27)10-5-11-22(13-20)18(25)16-8-9-17(24)23(21-16)12-15-6-3-2-4-7-15/h2-4,6-7H,5,8-14H2,1H3,(H,26,27). The summed E-state index contributed by atoms with van der Waals surface area (Å²) in [6.45, 7) is 0.917. The number of hydrogen-bond donors (Lipinski definition) is 1. The molecule has 0 aliphatic carbocycles. The Labute approximate surface area is 163 Å². The van der Waals surface area contributed by atoms with Crippen LogP contribution in [0.25, 0.3) is 0 Å². The Morgan fingerprint density at radius 2 is 2.00 bits per heavy atom. The highest BCUT2D eigenvalue weighted by molar-refractivity contribution is 6.39. The molecule has 0 bridgehead atoms. The van der Waals surface area contributed by atoms with E-state index in [2.05, 4.69) is 5.10 Å². The van der Waals surface area contributed by atoms with Crippen molar-refractivity contribution in [1.29, 1.82) is 0 Å². The maximum absolute atomic E-state index is 13.0. The first-order chi connectivity index (χ1) is 13.4. The van der Waals surface area contributed by atoms with Gasteiger partial charge in [-0.2, -0.15) is 5.10 Å². The molecule has 0 radical (unpaired) electrons. The van der Waals surface area contributed by atoms with Gasteiger partial charge in [0.15, 0.2) is 0 Å². The first kappa shape index (κ1) is 20.0. The Hall–Kier alpha value is -2.74. The Balaban J connectivity index is 1.76. The average molecular weight is 387 g/mol. The summed E-state index contributed by atoms with van der Waals surface area (Å²) in [6, 6.07) is 9.46. The zero-order valence-corrected chi connectivity index (χ0v) is 16.0. The number of likely N-dealkylation sites (tertiary alicyclic amines) is 1. The predicted octanol–water partition coefficient (Wildman–Crippen LogP) is 1.50. The first-order valence-corrected chi connectivity index (χ1v) is 9.38. The summed E-state index contributed by atoms with van der Waals surface area (Å²) in [4.78, 5) is 38.6. The smallest absolute Gasteiger partial charge is 0.313 e. The number of methoxy groups -OCH3 is 1. The highest BCUT2D eigenvalue weighted by Crippen LogP contribution is 2.31. The molecule has 28 heavy (non-hydrogen) atoms. The van der Waals surface area contributed by atoms with E-state index < -0.39 is 11.4 Å². The second-order valence-electron chi connectivity index (χ2n) is 7.33. The highest BCUT2D eigenvalue weighted by Gasteiger charge is 2.44. The zero-order chi connectivity index (χ0) is 20.1. The van der Waals surface area contributed by atoms with E-state index in [1.807, 2.05) is 30.3 Å². The van der Waals surface area contributed by atoms with Crippen LogP contribution in [0.3, 0.4) is 0 Å². The van der Waals surface area contributed by atoms with Crippen molar-refractivity contribution in [3.05, 3.63) is 35.9 Å². The summed E-state index contributed by atoms with van der Waals surface area (Å²) < 4.78 is 5.12. The van der Waals surface area contributed by atoms with Gasteiger partial charge in [-0.15, -0.1) is 0 Å². The molecule has 1 saturated heterocycles. The minimum absolute atomic E-state index is 0.0528. The number of aliphatic carboxylic acids is 1. The number of amides is 2. The number of nitrogens with zero attached hydrogens (tertiary/aromatic N) is 3. The molecule has 1 fully saturated rings. The van der Waals surface area contributed by atoms with Crippen LogP contribution < -0.4 is 0 Å². The molecule has 0 saturated carbocycles. The molecule has 8 heteroatoms. The molecule has 1 unspecified atom stereocenters. The lowest BCUT2D eigenvalue weighted by atomic mass is 9.80. The Bertz CT molecular complexity index is 775. The predicted molar refractivity (Wildman–Crippen MR) is 101 cm³/mol. The molecule has 1 atom stereocenters. The lowest BCUT2D eigenvalue weighted by Gasteiger charge is -2.39. The third-order valence-electron chi connectivity index (χ3n) is 5.27. The number of benzene rings is 1. The van der Waals surface area contributed by atoms with Crippen molar-refractivity contribution in [3.63, 3.8) is 0 Å². The van der Waals surface area contributed by atoms with E-state index in [0.717, 1.165) is 5.56 Å². The van der Waals surface area contributed by atoms with Crippen LogP contribution in [0.5, 0.6) is 0 Å². The van der Waals surface area contributed by atoms with E-state index in [-0.39, 0.29) is 37.8 Å². The molecule has 150 valence electrons. The molecule has 0 spiro atoms. The van der Waals surface area contributed by atoms with Gasteiger partial charge < -0.3 is 14.7 Å². The summed E-state index contributed by atoms with van der Waals surface area (Å²) in [5.41, 5.74) is 0.127. The van der Waals surface area contributed by atoms with E-state index in [9.17, 15) is 19.5 Å². The van der Waals surface area contributed by atoms with Crippen LogP contribution >= 0.6 is 0 Å². The van der Waals surface area contributed by atoms with Gasteiger partial charge in [-0.3, -0.25) is 14.4 Å². The van der Waals surface area contributed by atoms with Gasteiger partial charge in [-0.05, 0) is 18.4 Å². The van der Waals surface area contributed by atoms with Gasteiger partial charge in [0.25, 0.3) is 5.91 Å². The third kappa shape index (κ3) is 4.22. The lowest BCUT2D eigenvalue weighted by molar-refractivity contribution is -0.158. The average Bonchev–Trinajstić information content (AvgIpc) is 2.70. The van der Waals surface area contributed by atoms with E-state index in [1.165, 1.54) is 17.0 Å². The maximum Gasteiger partial charge on any atom is 0.313 e. The molecule has 0 aromatic heterocycles. The summed E-state index contributed by atoms with van der Waals surface area (Å²) in [7, 11) is 1.46. The number of carboxylic acid groups (broad SMARTS) is 1. The number of hydrogen-bond acceptors (Lipinski definition) is 5. The topological polar surface area (TPSA) is 99.5 Å². The number of carbonyl (C=O) groups is 3. The summed E-state index contributed by atoms with van der Waals surface area (Å²) >= 11 is 0. The van der Waals surface area contributed by atoms with Crippen LogP contribution in [0.2, 0.25) is 0 Å². The SMILES string of the molecule is COCC1(C(=O)O)CCCN(C(=O)C2=NN(Cc3ccccc3)C(=O)CC2)C1. The van der Waals surface area contributed by atoms with Crippen molar-refractivity contribution in [3.8, 4) is 0 Å². The largest absolute Gasteiger partial charge is 0.481 e. The van der Waals surface area contributed by atoms with Crippen LogP contribution in [0.15, 0.2) is 35.4 Å². The fraction of sp³-hybridized carbons (Fsp3) is 0.500. The fourth-order valence-corrected chi connectivity index (χ4v) is 3.75. The van der Waals surface area contributed by atoms with E-state index >= 15 is 0 Å². The maximum atomic E-state index is 13.0. The van der Waals surface area contributed by atoms with Crippen LogP contribution in [0.4, 0.5) is 0 Å². The second-order valence-corrected chi connectivity index (χ2v) is 7.33. The third-order valence-corrected chi connectivity index (χ3v) is 5.27. The zero-order valence-electron chi connectivity index (χ0n) is 16.0. The number of carbonyl (C=O) groups excluding carboxylic acids is 2. The molecular formula is C20H25N3O5. The first-order valence-electron chi connectivity index (χ1n) is 9.38. The van der Waals surface area contributed by atoms with Gasteiger partial charge >= 0.3 is 5.97 Å². The lowest BCUT2D eigenvalue weighted by Crippen LogP contribution is -2.54. The van der Waals surface area contributed by atoms with E-state index in [0.29, 0.717) is 31.6 Å². The Morgan fingerprint density at radius 3 is 2.68 bits per heavy atom. The van der Waals surface area contributed by atoms with Gasteiger partial charge in [0.1, 0.15) is 11.1 Å². The van der Waals surface area contributed by atoms with Crippen molar-refractivity contribution in [1.82, 2.24) is 9.91 Å². The van der Waals surface area contributed by atoms with Gasteiger partial charge in [0.05, 0.1) is 13.2 Å². The van der Waals surface area contributed by atoms with Crippen LogP contribution in [-0.4, -0.2) is 65.3 Å². The Morgan fingerprint density at radius 1 is 1.25 bits per heavy atom. The summed E-state index contributed by atoms with van der Waals surface area (Å²) in [5.74, 6) is -1.39. The van der Waals surface area contributed by atoms with Gasteiger partial charge in [-0.1, -0.05) is 30.3 Å². The second kappa shape index (κ2) is 8.52. The van der Waals surface area contributed by atoms with E-state index in [4.69, 9.17) is 4.74 Å². The van der Waals surface area contributed by atoms with Gasteiger partial charge in [0, 0.05) is 33.0 Å². The number of rotatable bonds is 6. The molecular weight excluding hydrogens is 362 g/mol. The molecule has 2 amide bonds. The fourth-order valence-electron chi connectivity index (χ4n) is 3.75. The molecule has 8 nitrogen and oxygen atoms in total. The Kier molecular flexibility index (Phi) is 6.08. The number of ether oxygens (including phenoxy) is 1. The van der Waals surface area contributed by atoms with Crippen molar-refractivity contribution in [2.75, 3.05) is 26.8 Å². The van der Waals surface area contributed by atoms with Crippen LogP contribution in [0.1, 0.15) is 31.2 Å². The van der Waals surface area contributed by atoms with E-state index in [1.54, 1.807) is 0 Å². The minimum atomic E-state index is -1.10. The molecule has 2 heterocycles. The quantitative estimate of drug-likeness (QED) is 0.798. The molecule has 3 rings (SSSR count). The normalized spacial score (nSPS) is 22.8. The summed E-state index contributed by atoms with van der Waals surface area (Å²) in [6.07, 6.45) is 1.53. The summed E-state index contributed by atoms with van der Waals surface area (Å²) in [5, 5.41) is 15.3. The molecule has 1 N–H and O–H groups in total. The number of hydrazone groups is 1. The highest BCUT2D eigenvalue weighted by atomic mass is 16.5.